The molecule has 30 heavy (non-hydrogen) atoms. The highest BCUT2D eigenvalue weighted by Crippen LogP contribution is 2.30. The van der Waals surface area contributed by atoms with E-state index in [2.05, 4.69) is 25.9 Å². The van der Waals surface area contributed by atoms with Crippen molar-refractivity contribution in [3.63, 3.8) is 0 Å². The number of thiazole rings is 1. The molecule has 174 valence electrons. The van der Waals surface area contributed by atoms with Crippen molar-refractivity contribution in [2.45, 2.75) is 71.8 Å². The van der Waals surface area contributed by atoms with E-state index in [-0.39, 0.29) is 41.6 Å². The van der Waals surface area contributed by atoms with Crippen molar-refractivity contribution in [2.24, 2.45) is 4.99 Å². The molecule has 7 nitrogen and oxygen atoms in total. The highest BCUT2D eigenvalue weighted by atomic mass is 127. The molecule has 12 heteroatoms. The molecule has 0 aromatic carbocycles. The summed E-state index contributed by atoms with van der Waals surface area (Å²) >= 11 is 0.915. The van der Waals surface area contributed by atoms with Crippen LogP contribution in [0.3, 0.4) is 0 Å². The van der Waals surface area contributed by atoms with Gasteiger partial charge in [0, 0.05) is 24.5 Å². The van der Waals surface area contributed by atoms with Gasteiger partial charge in [-0.25, -0.2) is 14.8 Å². The lowest BCUT2D eigenvalue weighted by Gasteiger charge is -2.24. The van der Waals surface area contributed by atoms with Crippen molar-refractivity contribution in [2.75, 3.05) is 13.1 Å². The fourth-order valence-electron chi connectivity index (χ4n) is 2.27. The Balaban J connectivity index is 0.00000841. The lowest BCUT2D eigenvalue weighted by molar-refractivity contribution is -0.140. The molecular formula is C18H31F3IN5O2S. The summed E-state index contributed by atoms with van der Waals surface area (Å²) in [5, 5.41) is 10.2. The van der Waals surface area contributed by atoms with Crippen LogP contribution in [0.5, 0.6) is 0 Å². The largest absolute Gasteiger partial charge is 0.444 e. The lowest BCUT2D eigenvalue weighted by atomic mass is 10.1. The van der Waals surface area contributed by atoms with Crippen LogP contribution in [0.25, 0.3) is 0 Å². The monoisotopic (exact) mass is 565 g/mol. The number of rotatable bonds is 8. The lowest BCUT2D eigenvalue weighted by Crippen LogP contribution is -2.48. The fraction of sp³-hybridized carbons (Fsp3) is 0.722. The molecule has 1 amide bonds. The van der Waals surface area contributed by atoms with E-state index in [1.165, 1.54) is 0 Å². The van der Waals surface area contributed by atoms with E-state index < -0.39 is 23.6 Å². The minimum absolute atomic E-state index is 0. The second-order valence-corrected chi connectivity index (χ2v) is 8.27. The SMILES string of the molecule is CCCC(CNC(=NCc1nc(C(F)(F)F)cs1)NCC)NC(=O)OC(C)(C)C.I. The molecule has 3 N–H and O–H groups in total. The molecule has 1 unspecified atom stereocenters. The summed E-state index contributed by atoms with van der Waals surface area (Å²) < 4.78 is 43.2. The van der Waals surface area contributed by atoms with Gasteiger partial charge in [0.15, 0.2) is 11.7 Å². The molecule has 1 heterocycles. The van der Waals surface area contributed by atoms with Crippen LogP contribution in [0, 0.1) is 0 Å². The summed E-state index contributed by atoms with van der Waals surface area (Å²) in [6.07, 6.45) is -3.37. The second kappa shape index (κ2) is 13.2. The number of amides is 1. The van der Waals surface area contributed by atoms with Crippen molar-refractivity contribution in [3.8, 4) is 0 Å². The highest BCUT2D eigenvalue weighted by molar-refractivity contribution is 14.0. The molecule has 0 aliphatic rings. The number of carbonyl (C=O) groups is 1. The van der Waals surface area contributed by atoms with Gasteiger partial charge < -0.3 is 20.7 Å². The zero-order chi connectivity index (χ0) is 22.1. The third-order valence-electron chi connectivity index (χ3n) is 3.43. The number of halogens is 4. The van der Waals surface area contributed by atoms with Crippen LogP contribution in [0.2, 0.25) is 0 Å². The van der Waals surface area contributed by atoms with E-state index in [0.717, 1.165) is 29.6 Å². The number of aromatic nitrogens is 1. The maximum absolute atomic E-state index is 12.6. The van der Waals surface area contributed by atoms with E-state index in [4.69, 9.17) is 4.74 Å². The van der Waals surface area contributed by atoms with Crippen LogP contribution in [-0.4, -0.2) is 41.8 Å². The van der Waals surface area contributed by atoms with Gasteiger partial charge in [0.2, 0.25) is 0 Å². The van der Waals surface area contributed by atoms with Gasteiger partial charge in [0.1, 0.15) is 10.6 Å². The van der Waals surface area contributed by atoms with Crippen molar-refractivity contribution in [1.29, 1.82) is 0 Å². The van der Waals surface area contributed by atoms with Crippen molar-refractivity contribution in [3.05, 3.63) is 16.1 Å². The van der Waals surface area contributed by atoms with Gasteiger partial charge in [-0.15, -0.1) is 35.3 Å². The number of hydrogen-bond donors (Lipinski definition) is 3. The number of nitrogens with zero attached hydrogens (tertiary/aromatic N) is 2. The Morgan fingerprint density at radius 3 is 2.43 bits per heavy atom. The molecule has 0 radical (unpaired) electrons. The standard InChI is InChI=1S/C18H30F3N5O2S.HI/c1-6-8-12(25-16(27)28-17(3,4)5)9-23-15(22-7-2)24-10-14-26-13(11-29-14)18(19,20)21;/h11-12H,6-10H2,1-5H3,(H,25,27)(H2,22,23,24);1H. The Morgan fingerprint density at radius 2 is 1.93 bits per heavy atom. The maximum atomic E-state index is 12.6. The van der Waals surface area contributed by atoms with Crippen molar-refractivity contribution < 1.29 is 22.7 Å². The molecule has 0 bridgehead atoms. The molecule has 1 aromatic rings. The number of alkyl carbamates (subject to hydrolysis) is 1. The number of ether oxygens (including phenoxy) is 1. The van der Waals surface area contributed by atoms with E-state index in [1.807, 2.05) is 13.8 Å². The van der Waals surface area contributed by atoms with Gasteiger partial charge in [-0.05, 0) is 34.1 Å². The van der Waals surface area contributed by atoms with Crippen LogP contribution < -0.4 is 16.0 Å². The van der Waals surface area contributed by atoms with E-state index in [0.29, 0.717) is 19.0 Å². The molecule has 0 fully saturated rings. The molecule has 0 aliphatic carbocycles. The first-order valence-corrected chi connectivity index (χ1v) is 10.4. The smallest absolute Gasteiger partial charge is 0.434 e. The molecule has 0 saturated heterocycles. The molecular weight excluding hydrogens is 534 g/mol. The van der Waals surface area contributed by atoms with Crippen molar-refractivity contribution >= 4 is 47.4 Å². The molecule has 0 aliphatic heterocycles. The number of alkyl halides is 3. The van der Waals surface area contributed by atoms with Gasteiger partial charge in [0.05, 0.1) is 6.54 Å². The van der Waals surface area contributed by atoms with E-state index in [9.17, 15) is 18.0 Å². The van der Waals surface area contributed by atoms with Crippen LogP contribution in [0.1, 0.15) is 58.2 Å². The van der Waals surface area contributed by atoms with E-state index in [1.54, 1.807) is 20.8 Å². The van der Waals surface area contributed by atoms with Crippen molar-refractivity contribution in [1.82, 2.24) is 20.9 Å². The first kappa shape index (κ1) is 28.7. The summed E-state index contributed by atoms with van der Waals surface area (Å²) in [5.41, 5.74) is -1.50. The quantitative estimate of drug-likeness (QED) is 0.245. The zero-order valence-corrected chi connectivity index (χ0v) is 21.0. The molecule has 1 atom stereocenters. The predicted octanol–water partition coefficient (Wildman–Crippen LogP) is 4.53. The summed E-state index contributed by atoms with van der Waals surface area (Å²) in [7, 11) is 0. The third kappa shape index (κ3) is 11.8. The average molecular weight is 565 g/mol. The van der Waals surface area contributed by atoms with Gasteiger partial charge >= 0.3 is 12.3 Å². The Kier molecular flexibility index (Phi) is 12.6. The maximum Gasteiger partial charge on any atom is 0.434 e. The second-order valence-electron chi connectivity index (χ2n) is 7.33. The average Bonchev–Trinajstić information content (AvgIpc) is 3.05. The summed E-state index contributed by atoms with van der Waals surface area (Å²) in [6, 6.07) is -0.185. The zero-order valence-electron chi connectivity index (χ0n) is 17.9. The molecule has 1 aromatic heterocycles. The van der Waals surface area contributed by atoms with Gasteiger partial charge in [0.25, 0.3) is 0 Å². The molecule has 0 spiro atoms. The first-order valence-electron chi connectivity index (χ1n) is 9.47. The minimum Gasteiger partial charge on any atom is -0.444 e. The summed E-state index contributed by atoms with van der Waals surface area (Å²) in [6.45, 7) is 10.2. The summed E-state index contributed by atoms with van der Waals surface area (Å²) in [5.74, 6) is 0.434. The normalized spacial score (nSPS) is 13.3. The highest BCUT2D eigenvalue weighted by Gasteiger charge is 2.33. The number of nitrogens with one attached hydrogen (secondary N) is 3. The topological polar surface area (TPSA) is 87.6 Å². The fourth-order valence-corrected chi connectivity index (χ4v) is 2.99. The first-order chi connectivity index (χ1) is 13.4. The minimum atomic E-state index is -4.46. The Labute approximate surface area is 196 Å². The van der Waals surface area contributed by atoms with Crippen LogP contribution in [0.4, 0.5) is 18.0 Å². The number of guanidine groups is 1. The predicted molar refractivity (Wildman–Crippen MR) is 123 cm³/mol. The van der Waals surface area contributed by atoms with Gasteiger partial charge in [-0.1, -0.05) is 13.3 Å². The van der Waals surface area contributed by atoms with Crippen LogP contribution >= 0.6 is 35.3 Å². The number of hydrogen-bond acceptors (Lipinski definition) is 5. The Hall–Kier alpha value is -1.31. The molecule has 1 rings (SSSR count). The van der Waals surface area contributed by atoms with Gasteiger partial charge in [-0.3, -0.25) is 0 Å². The van der Waals surface area contributed by atoms with Crippen LogP contribution in [0.15, 0.2) is 10.4 Å². The number of aliphatic imine (C=N–C) groups is 1. The third-order valence-corrected chi connectivity index (χ3v) is 4.27. The Morgan fingerprint density at radius 1 is 1.27 bits per heavy atom. The van der Waals surface area contributed by atoms with E-state index >= 15 is 0 Å². The summed E-state index contributed by atoms with van der Waals surface area (Å²) in [4.78, 5) is 19.9. The van der Waals surface area contributed by atoms with Crippen LogP contribution in [-0.2, 0) is 17.5 Å². The molecule has 0 saturated carbocycles. The van der Waals surface area contributed by atoms with Gasteiger partial charge in [-0.2, -0.15) is 13.2 Å². The Bertz CT molecular complexity index is 678. The number of carbonyl (C=O) groups excluding carboxylic acids is 1.